The highest BCUT2D eigenvalue weighted by atomic mass is 28.2. The Labute approximate surface area is 222 Å². The van der Waals surface area contributed by atoms with E-state index in [1.54, 1.807) is 14.2 Å². The first-order chi connectivity index (χ1) is 18.3. The summed E-state index contributed by atoms with van der Waals surface area (Å²) in [6.07, 6.45) is 9.35. The number of hydrogen-bond acceptors (Lipinski definition) is 2. The number of methoxy groups -OCH3 is 2. The van der Waals surface area contributed by atoms with E-state index in [1.165, 1.54) is 44.5 Å². The second kappa shape index (κ2) is 10.3. The molecule has 37 heavy (non-hydrogen) atoms. The SMILES string of the molecule is COc1ccc(-c2ccccc2)c2c1C(C[Si]CC1C=Cc3c(-c4ccccc4)ccc(OC)c31)C=C2. The fraction of sp³-hybridized carbons (Fsp3) is 0.176. The van der Waals surface area contributed by atoms with E-state index >= 15 is 0 Å². The summed E-state index contributed by atoms with van der Waals surface area (Å²) >= 11 is 0. The first-order valence-corrected chi connectivity index (χ1v) is 14.3. The molecule has 2 nitrogen and oxygen atoms in total. The zero-order valence-electron chi connectivity index (χ0n) is 21.3. The van der Waals surface area contributed by atoms with Crippen LogP contribution in [0.3, 0.4) is 0 Å². The lowest BCUT2D eigenvalue weighted by Crippen LogP contribution is -2.06. The molecule has 0 heterocycles. The third-order valence-corrected chi connectivity index (χ3v) is 9.02. The summed E-state index contributed by atoms with van der Waals surface area (Å²) in [5, 5.41) is 0. The highest BCUT2D eigenvalue weighted by Crippen LogP contribution is 2.46. The van der Waals surface area contributed by atoms with E-state index in [0.717, 1.165) is 33.1 Å². The van der Waals surface area contributed by atoms with Crippen LogP contribution < -0.4 is 9.47 Å². The largest absolute Gasteiger partial charge is 0.496 e. The van der Waals surface area contributed by atoms with Crippen molar-refractivity contribution in [2.24, 2.45) is 0 Å². The highest BCUT2D eigenvalue weighted by molar-refractivity contribution is 6.36. The number of allylic oxidation sites excluding steroid dienone is 2. The van der Waals surface area contributed by atoms with Crippen LogP contribution in [0, 0.1) is 0 Å². The molecule has 6 rings (SSSR count). The standard InChI is InChI=1S/C34H30O2Si/c1-35-31-19-17-27(23-9-5-3-6-10-23)29-15-13-25(33(29)31)21-37-22-26-14-16-30-28(24-11-7-4-8-12-24)18-20-32(36-2)34(26)30/h3-20,25-26H,21-22H2,1-2H3. The molecule has 0 aromatic heterocycles. The minimum Gasteiger partial charge on any atom is -0.496 e. The molecule has 2 aliphatic carbocycles. The van der Waals surface area contributed by atoms with Crippen LogP contribution in [0.4, 0.5) is 0 Å². The molecule has 2 atom stereocenters. The lowest BCUT2D eigenvalue weighted by Gasteiger charge is -2.19. The fourth-order valence-electron chi connectivity index (χ4n) is 5.80. The summed E-state index contributed by atoms with van der Waals surface area (Å²) in [5.74, 6) is 2.76. The van der Waals surface area contributed by atoms with Crippen LogP contribution >= 0.6 is 0 Å². The van der Waals surface area contributed by atoms with Gasteiger partial charge in [-0.05, 0) is 45.5 Å². The van der Waals surface area contributed by atoms with Gasteiger partial charge in [0.2, 0.25) is 0 Å². The number of fused-ring (bicyclic) bond motifs is 2. The predicted molar refractivity (Wildman–Crippen MR) is 156 cm³/mol. The van der Waals surface area contributed by atoms with Crippen molar-refractivity contribution in [2.45, 2.75) is 23.9 Å². The molecule has 0 aliphatic heterocycles. The second-order valence-corrected chi connectivity index (χ2v) is 10.9. The Balaban J connectivity index is 1.22. The normalized spacial score (nSPS) is 17.0. The molecule has 2 radical (unpaired) electrons. The topological polar surface area (TPSA) is 18.5 Å². The third-order valence-electron chi connectivity index (χ3n) is 7.56. The van der Waals surface area contributed by atoms with Gasteiger partial charge in [0.25, 0.3) is 0 Å². The molecular weight excluding hydrogens is 468 g/mol. The van der Waals surface area contributed by atoms with Gasteiger partial charge in [-0.25, -0.2) is 0 Å². The van der Waals surface area contributed by atoms with Crippen molar-refractivity contribution in [1.82, 2.24) is 0 Å². The second-order valence-electron chi connectivity index (χ2n) is 9.61. The minimum absolute atomic E-state index is 0.384. The zero-order chi connectivity index (χ0) is 25.2. The van der Waals surface area contributed by atoms with Crippen LogP contribution in [0.1, 0.15) is 34.1 Å². The fourth-order valence-corrected chi connectivity index (χ4v) is 7.27. The Hall–Kier alpha value is -3.82. The third kappa shape index (κ3) is 4.34. The molecule has 182 valence electrons. The Morgan fingerprint density at radius 1 is 0.568 bits per heavy atom. The van der Waals surface area contributed by atoms with Gasteiger partial charge in [0.15, 0.2) is 0 Å². The highest BCUT2D eigenvalue weighted by Gasteiger charge is 2.27. The maximum absolute atomic E-state index is 5.83. The van der Waals surface area contributed by atoms with E-state index in [1.807, 2.05) is 0 Å². The van der Waals surface area contributed by atoms with E-state index in [9.17, 15) is 0 Å². The van der Waals surface area contributed by atoms with E-state index in [-0.39, 0.29) is 0 Å². The summed E-state index contributed by atoms with van der Waals surface area (Å²) in [7, 11) is 4.40. The van der Waals surface area contributed by atoms with Crippen molar-refractivity contribution in [3.8, 4) is 33.8 Å². The smallest absolute Gasteiger partial charge is 0.123 e. The van der Waals surface area contributed by atoms with Gasteiger partial charge in [-0.1, -0.05) is 109 Å². The summed E-state index contributed by atoms with van der Waals surface area (Å²) in [4.78, 5) is 0. The first-order valence-electron chi connectivity index (χ1n) is 12.9. The average molecular weight is 499 g/mol. The molecule has 0 bridgehead atoms. The Morgan fingerprint density at radius 3 is 1.41 bits per heavy atom. The van der Waals surface area contributed by atoms with E-state index in [2.05, 4.69) is 109 Å². The van der Waals surface area contributed by atoms with Gasteiger partial charge in [0.1, 0.15) is 11.5 Å². The molecule has 0 fully saturated rings. The lowest BCUT2D eigenvalue weighted by molar-refractivity contribution is 0.409. The predicted octanol–water partition coefficient (Wildman–Crippen LogP) is 8.50. The Morgan fingerprint density at radius 2 is 1.00 bits per heavy atom. The van der Waals surface area contributed by atoms with Crippen molar-refractivity contribution in [2.75, 3.05) is 14.2 Å². The number of hydrogen-bond donors (Lipinski definition) is 0. The number of ether oxygens (including phenoxy) is 2. The molecule has 4 aromatic rings. The lowest BCUT2D eigenvalue weighted by atomic mass is 9.93. The number of benzene rings is 4. The average Bonchev–Trinajstić information content (AvgIpc) is 3.58. The van der Waals surface area contributed by atoms with Gasteiger partial charge in [0.05, 0.1) is 14.2 Å². The van der Waals surface area contributed by atoms with Crippen LogP contribution in [-0.4, -0.2) is 23.7 Å². The molecule has 3 heteroatoms. The van der Waals surface area contributed by atoms with Crippen molar-refractivity contribution >= 4 is 21.7 Å². The number of rotatable bonds is 8. The molecule has 0 saturated carbocycles. The van der Waals surface area contributed by atoms with Crippen LogP contribution in [0.25, 0.3) is 34.4 Å². The Bertz CT molecular complexity index is 1360. The molecule has 0 amide bonds. The van der Waals surface area contributed by atoms with Crippen LogP contribution in [0.2, 0.25) is 12.1 Å². The van der Waals surface area contributed by atoms with Crippen LogP contribution in [0.5, 0.6) is 11.5 Å². The minimum atomic E-state index is 0.384. The van der Waals surface area contributed by atoms with Crippen LogP contribution in [0.15, 0.2) is 97.1 Å². The maximum Gasteiger partial charge on any atom is 0.123 e. The van der Waals surface area contributed by atoms with Gasteiger partial charge in [-0.2, -0.15) is 0 Å². The molecule has 0 N–H and O–H groups in total. The quantitative estimate of drug-likeness (QED) is 0.227. The van der Waals surface area contributed by atoms with Gasteiger partial charge in [-0.3, -0.25) is 0 Å². The molecule has 4 aromatic carbocycles. The molecule has 0 saturated heterocycles. The van der Waals surface area contributed by atoms with Crippen molar-refractivity contribution < 1.29 is 9.47 Å². The van der Waals surface area contributed by atoms with E-state index < -0.39 is 0 Å². The monoisotopic (exact) mass is 498 g/mol. The summed E-state index contributed by atoms with van der Waals surface area (Å²) in [6.45, 7) is 0. The van der Waals surface area contributed by atoms with Crippen LogP contribution in [-0.2, 0) is 0 Å². The van der Waals surface area contributed by atoms with Gasteiger partial charge >= 0.3 is 0 Å². The summed E-state index contributed by atoms with van der Waals surface area (Å²) in [6, 6.07) is 32.2. The van der Waals surface area contributed by atoms with Gasteiger partial charge in [0, 0.05) is 32.5 Å². The molecule has 2 unspecified atom stereocenters. The van der Waals surface area contributed by atoms with Gasteiger partial charge < -0.3 is 9.47 Å². The Kier molecular flexibility index (Phi) is 6.54. The van der Waals surface area contributed by atoms with Crippen molar-refractivity contribution in [3.05, 3.63) is 119 Å². The summed E-state index contributed by atoms with van der Waals surface area (Å²) < 4.78 is 11.7. The molecule has 2 aliphatic rings. The zero-order valence-corrected chi connectivity index (χ0v) is 22.3. The maximum atomic E-state index is 5.83. The van der Waals surface area contributed by atoms with E-state index in [4.69, 9.17) is 9.47 Å². The molecular formula is C34H30O2Si. The molecule has 0 spiro atoms. The van der Waals surface area contributed by atoms with Crippen molar-refractivity contribution in [1.29, 1.82) is 0 Å². The summed E-state index contributed by atoms with van der Waals surface area (Å²) in [5.41, 5.74) is 10.4. The van der Waals surface area contributed by atoms with Gasteiger partial charge in [-0.15, -0.1) is 0 Å². The first kappa shape index (κ1) is 23.6. The van der Waals surface area contributed by atoms with Crippen molar-refractivity contribution in [3.63, 3.8) is 0 Å². The van der Waals surface area contributed by atoms with E-state index in [0.29, 0.717) is 11.8 Å².